The molecule has 0 bridgehead atoms. The average Bonchev–Trinajstić information content (AvgIpc) is 3.40. The lowest BCUT2D eigenvalue weighted by Crippen LogP contribution is -2.01. The summed E-state index contributed by atoms with van der Waals surface area (Å²) in [5.41, 5.74) is 4.35. The van der Waals surface area contributed by atoms with Crippen LogP contribution in [0.5, 0.6) is 0 Å². The van der Waals surface area contributed by atoms with Gasteiger partial charge in [0.1, 0.15) is 12.6 Å². The predicted molar refractivity (Wildman–Crippen MR) is 109 cm³/mol. The SMILES string of the molecule is Cc1ccc(-c2nc(CSc3nncn3CCc3cccs3)co2)c(C)c1. The third-order valence-corrected chi connectivity index (χ3v) is 6.22. The van der Waals surface area contributed by atoms with Crippen LogP contribution in [0.3, 0.4) is 0 Å². The Bertz CT molecular complexity index is 1020. The number of hydrogen-bond acceptors (Lipinski definition) is 6. The van der Waals surface area contributed by atoms with Crippen molar-refractivity contribution in [3.63, 3.8) is 0 Å². The molecule has 0 saturated heterocycles. The molecule has 4 rings (SSSR count). The second-order valence-electron chi connectivity index (χ2n) is 6.39. The number of benzene rings is 1. The molecule has 7 heteroatoms. The zero-order valence-electron chi connectivity index (χ0n) is 15.3. The molecule has 0 atom stereocenters. The monoisotopic (exact) mass is 396 g/mol. The highest BCUT2D eigenvalue weighted by molar-refractivity contribution is 7.98. The minimum absolute atomic E-state index is 0.669. The normalized spacial score (nSPS) is 11.2. The topological polar surface area (TPSA) is 56.7 Å². The van der Waals surface area contributed by atoms with Crippen LogP contribution in [-0.4, -0.2) is 19.7 Å². The smallest absolute Gasteiger partial charge is 0.226 e. The molecule has 0 radical (unpaired) electrons. The second-order valence-corrected chi connectivity index (χ2v) is 8.36. The Morgan fingerprint density at radius 2 is 2.15 bits per heavy atom. The molecule has 0 N–H and O–H groups in total. The largest absolute Gasteiger partial charge is 0.444 e. The summed E-state index contributed by atoms with van der Waals surface area (Å²) in [5.74, 6) is 1.37. The first-order valence-electron chi connectivity index (χ1n) is 8.74. The van der Waals surface area contributed by atoms with Crippen molar-refractivity contribution in [3.05, 3.63) is 70.0 Å². The molecule has 27 heavy (non-hydrogen) atoms. The number of nitrogens with zero attached hydrogens (tertiary/aromatic N) is 4. The van der Waals surface area contributed by atoms with E-state index < -0.39 is 0 Å². The molecule has 3 aromatic heterocycles. The minimum Gasteiger partial charge on any atom is -0.444 e. The number of aromatic nitrogens is 4. The summed E-state index contributed by atoms with van der Waals surface area (Å²) < 4.78 is 7.79. The number of oxazole rings is 1. The summed E-state index contributed by atoms with van der Waals surface area (Å²) in [6.07, 6.45) is 4.51. The van der Waals surface area contributed by atoms with Crippen molar-refractivity contribution < 1.29 is 4.42 Å². The molecular weight excluding hydrogens is 376 g/mol. The van der Waals surface area contributed by atoms with E-state index in [9.17, 15) is 0 Å². The molecular formula is C20H20N4OS2. The fourth-order valence-electron chi connectivity index (χ4n) is 2.88. The van der Waals surface area contributed by atoms with Crippen molar-refractivity contribution in [3.8, 4) is 11.5 Å². The van der Waals surface area contributed by atoms with Crippen molar-refractivity contribution in [1.29, 1.82) is 0 Å². The van der Waals surface area contributed by atoms with E-state index in [1.54, 1.807) is 35.7 Å². The standard InChI is InChI=1S/C20H20N4OS2/c1-14-5-6-18(15(2)10-14)19-22-16(11-25-19)12-27-20-23-21-13-24(20)8-7-17-4-3-9-26-17/h3-6,9-11,13H,7-8,12H2,1-2H3. The summed E-state index contributed by atoms with van der Waals surface area (Å²) in [7, 11) is 0. The van der Waals surface area contributed by atoms with Gasteiger partial charge < -0.3 is 8.98 Å². The Morgan fingerprint density at radius 1 is 1.22 bits per heavy atom. The van der Waals surface area contributed by atoms with Crippen LogP contribution < -0.4 is 0 Å². The maximum atomic E-state index is 5.70. The lowest BCUT2D eigenvalue weighted by Gasteiger charge is -2.04. The van der Waals surface area contributed by atoms with Crippen molar-refractivity contribution >= 4 is 23.1 Å². The van der Waals surface area contributed by atoms with E-state index in [-0.39, 0.29) is 0 Å². The number of thiophene rings is 1. The van der Waals surface area contributed by atoms with Crippen LogP contribution in [0.15, 0.2) is 57.9 Å². The Morgan fingerprint density at radius 3 is 2.96 bits per heavy atom. The molecule has 0 saturated carbocycles. The van der Waals surface area contributed by atoms with Gasteiger partial charge in [-0.2, -0.15) is 0 Å². The fourth-order valence-corrected chi connectivity index (χ4v) is 4.40. The van der Waals surface area contributed by atoms with E-state index in [0.29, 0.717) is 11.6 Å². The van der Waals surface area contributed by atoms with E-state index in [0.717, 1.165) is 29.4 Å². The summed E-state index contributed by atoms with van der Waals surface area (Å²) in [6.45, 7) is 5.04. The van der Waals surface area contributed by atoms with Crippen LogP contribution in [0, 0.1) is 13.8 Å². The first-order valence-corrected chi connectivity index (χ1v) is 10.6. The zero-order chi connectivity index (χ0) is 18.6. The third kappa shape index (κ3) is 4.31. The summed E-state index contributed by atoms with van der Waals surface area (Å²) in [5, 5.41) is 11.3. The maximum absolute atomic E-state index is 5.70. The van der Waals surface area contributed by atoms with Gasteiger partial charge in [0.15, 0.2) is 5.16 Å². The van der Waals surface area contributed by atoms with Gasteiger partial charge in [-0.15, -0.1) is 21.5 Å². The number of aryl methyl sites for hydroxylation is 4. The third-order valence-electron chi connectivity index (χ3n) is 4.27. The highest BCUT2D eigenvalue weighted by Gasteiger charge is 2.12. The predicted octanol–water partition coefficient (Wildman–Crippen LogP) is 5.15. The van der Waals surface area contributed by atoms with Crippen LogP contribution in [0.4, 0.5) is 0 Å². The first-order chi connectivity index (χ1) is 13.2. The molecule has 0 aliphatic heterocycles. The quantitative estimate of drug-likeness (QED) is 0.405. The molecule has 0 fully saturated rings. The van der Waals surface area contributed by atoms with Crippen LogP contribution in [-0.2, 0) is 18.7 Å². The molecule has 138 valence electrons. The van der Waals surface area contributed by atoms with Crippen LogP contribution in [0.1, 0.15) is 21.7 Å². The van der Waals surface area contributed by atoms with Gasteiger partial charge >= 0.3 is 0 Å². The van der Waals surface area contributed by atoms with Gasteiger partial charge in [-0.25, -0.2) is 4.98 Å². The van der Waals surface area contributed by atoms with Gasteiger partial charge in [0, 0.05) is 22.7 Å². The Balaban J connectivity index is 1.40. The highest BCUT2D eigenvalue weighted by Crippen LogP contribution is 2.26. The number of hydrogen-bond donors (Lipinski definition) is 0. The van der Waals surface area contributed by atoms with Gasteiger partial charge in [-0.05, 0) is 43.3 Å². The molecule has 0 aliphatic carbocycles. The first kappa shape index (κ1) is 18.0. The van der Waals surface area contributed by atoms with Crippen molar-refractivity contribution in [2.45, 2.75) is 37.7 Å². The van der Waals surface area contributed by atoms with Gasteiger partial charge in [0.2, 0.25) is 5.89 Å². The van der Waals surface area contributed by atoms with Gasteiger partial charge in [-0.1, -0.05) is 35.5 Å². The molecule has 1 aromatic carbocycles. The Kier molecular flexibility index (Phi) is 5.40. The molecule has 0 spiro atoms. The molecule has 0 amide bonds. The van der Waals surface area contributed by atoms with E-state index in [2.05, 4.69) is 69.3 Å². The van der Waals surface area contributed by atoms with Crippen LogP contribution in [0.2, 0.25) is 0 Å². The number of thioether (sulfide) groups is 1. The van der Waals surface area contributed by atoms with Crippen molar-refractivity contribution in [1.82, 2.24) is 19.7 Å². The molecule has 3 heterocycles. The van der Waals surface area contributed by atoms with Crippen LogP contribution >= 0.6 is 23.1 Å². The number of rotatable bonds is 7. The fraction of sp³-hybridized carbons (Fsp3) is 0.250. The van der Waals surface area contributed by atoms with E-state index in [1.807, 2.05) is 0 Å². The van der Waals surface area contributed by atoms with Crippen molar-refractivity contribution in [2.24, 2.45) is 0 Å². The van der Waals surface area contributed by atoms with E-state index in [4.69, 9.17) is 4.42 Å². The lowest BCUT2D eigenvalue weighted by atomic mass is 10.1. The summed E-state index contributed by atoms with van der Waals surface area (Å²) >= 11 is 3.41. The highest BCUT2D eigenvalue weighted by atomic mass is 32.2. The van der Waals surface area contributed by atoms with Crippen molar-refractivity contribution in [2.75, 3.05) is 0 Å². The van der Waals surface area contributed by atoms with E-state index in [1.165, 1.54) is 16.0 Å². The van der Waals surface area contributed by atoms with Gasteiger partial charge in [0.05, 0.1) is 5.69 Å². The zero-order valence-corrected chi connectivity index (χ0v) is 16.9. The second kappa shape index (κ2) is 8.10. The molecule has 5 nitrogen and oxygen atoms in total. The molecule has 0 unspecified atom stereocenters. The van der Waals surface area contributed by atoms with Gasteiger partial charge in [-0.3, -0.25) is 0 Å². The Hall–Kier alpha value is -2.38. The Labute approximate surface area is 166 Å². The lowest BCUT2D eigenvalue weighted by molar-refractivity contribution is 0.573. The summed E-state index contributed by atoms with van der Waals surface area (Å²) in [6, 6.07) is 10.5. The maximum Gasteiger partial charge on any atom is 0.226 e. The van der Waals surface area contributed by atoms with Gasteiger partial charge in [0.25, 0.3) is 0 Å². The molecule has 4 aromatic rings. The van der Waals surface area contributed by atoms with E-state index >= 15 is 0 Å². The average molecular weight is 397 g/mol. The molecule has 0 aliphatic rings. The summed E-state index contributed by atoms with van der Waals surface area (Å²) in [4.78, 5) is 6.01. The van der Waals surface area contributed by atoms with Crippen LogP contribution in [0.25, 0.3) is 11.5 Å². The minimum atomic E-state index is 0.669.